The molecule has 2 heterocycles. The molecule has 6 nitrogen and oxygen atoms in total. The van der Waals surface area contributed by atoms with E-state index in [1.165, 1.54) is 6.33 Å². The Balaban J connectivity index is 1.81. The fourth-order valence-electron chi connectivity index (χ4n) is 1.75. The topological polar surface area (TPSA) is 80.7 Å². The third-order valence-electron chi connectivity index (χ3n) is 2.80. The number of rotatable bonds is 3. The average molecular weight is 312 g/mol. The number of halogens is 1. The maximum Gasteiger partial charge on any atom is 0.258 e. The van der Waals surface area contributed by atoms with Crippen LogP contribution >= 0.6 is 11.6 Å². The van der Waals surface area contributed by atoms with E-state index in [0.717, 1.165) is 0 Å². The van der Waals surface area contributed by atoms with Crippen molar-refractivity contribution >= 4 is 23.5 Å². The summed E-state index contributed by atoms with van der Waals surface area (Å²) in [7, 11) is 0. The van der Waals surface area contributed by atoms with Gasteiger partial charge in [0, 0.05) is 16.8 Å². The van der Waals surface area contributed by atoms with Crippen molar-refractivity contribution in [2.45, 2.75) is 0 Å². The molecule has 1 amide bonds. The molecular weight excluding hydrogens is 302 g/mol. The molecule has 0 saturated carbocycles. The van der Waals surface area contributed by atoms with Crippen LogP contribution in [-0.4, -0.2) is 25.8 Å². The number of benzene rings is 1. The lowest BCUT2D eigenvalue weighted by Crippen LogP contribution is -2.14. The monoisotopic (exact) mass is 311 g/mol. The smallest absolute Gasteiger partial charge is 0.258 e. The minimum atomic E-state index is -0.324. The Morgan fingerprint density at radius 3 is 2.55 bits per heavy atom. The van der Waals surface area contributed by atoms with E-state index in [0.29, 0.717) is 22.1 Å². The minimum absolute atomic E-state index is 0.163. The summed E-state index contributed by atoms with van der Waals surface area (Å²) in [5.41, 5.74) is 1.07. The molecule has 0 aliphatic carbocycles. The summed E-state index contributed by atoms with van der Waals surface area (Å²) in [6, 6.07) is 11.9. The SMILES string of the molecule is O=C(Nc1ncnc(-c2ccccn2)n1)c1ccc(Cl)cc1. The molecule has 3 aromatic rings. The Labute approximate surface area is 131 Å². The van der Waals surface area contributed by atoms with Crippen LogP contribution in [0.15, 0.2) is 55.0 Å². The van der Waals surface area contributed by atoms with Crippen LogP contribution < -0.4 is 5.32 Å². The Bertz CT molecular complexity index is 793. The van der Waals surface area contributed by atoms with Crippen molar-refractivity contribution in [2.24, 2.45) is 0 Å². The van der Waals surface area contributed by atoms with E-state index in [9.17, 15) is 4.79 Å². The molecule has 0 fully saturated rings. The molecule has 1 N–H and O–H groups in total. The molecular formula is C15H10ClN5O. The van der Waals surface area contributed by atoms with Crippen LogP contribution in [0.25, 0.3) is 11.5 Å². The van der Waals surface area contributed by atoms with Crippen LogP contribution in [0.2, 0.25) is 5.02 Å². The van der Waals surface area contributed by atoms with Gasteiger partial charge < -0.3 is 0 Å². The van der Waals surface area contributed by atoms with Gasteiger partial charge in [0.15, 0.2) is 5.82 Å². The van der Waals surface area contributed by atoms with Gasteiger partial charge in [-0.25, -0.2) is 9.97 Å². The fraction of sp³-hybridized carbons (Fsp3) is 0. The molecule has 0 saturated heterocycles. The van der Waals surface area contributed by atoms with Crippen LogP contribution in [0.4, 0.5) is 5.95 Å². The van der Waals surface area contributed by atoms with Gasteiger partial charge in [-0.15, -0.1) is 0 Å². The summed E-state index contributed by atoms with van der Waals surface area (Å²) < 4.78 is 0. The zero-order chi connectivity index (χ0) is 15.4. The summed E-state index contributed by atoms with van der Waals surface area (Å²) in [6.45, 7) is 0. The van der Waals surface area contributed by atoms with E-state index in [-0.39, 0.29) is 11.9 Å². The van der Waals surface area contributed by atoms with E-state index >= 15 is 0 Å². The number of hydrogen-bond acceptors (Lipinski definition) is 5. The Morgan fingerprint density at radius 1 is 1.00 bits per heavy atom. The minimum Gasteiger partial charge on any atom is -0.290 e. The van der Waals surface area contributed by atoms with Crippen molar-refractivity contribution in [1.82, 2.24) is 19.9 Å². The summed E-state index contributed by atoms with van der Waals surface area (Å²) in [5.74, 6) is 0.229. The van der Waals surface area contributed by atoms with Gasteiger partial charge in [-0.3, -0.25) is 15.1 Å². The van der Waals surface area contributed by atoms with Gasteiger partial charge in [-0.1, -0.05) is 17.7 Å². The molecule has 0 bridgehead atoms. The van der Waals surface area contributed by atoms with Gasteiger partial charge in [-0.2, -0.15) is 4.98 Å². The molecule has 3 rings (SSSR count). The maximum atomic E-state index is 12.1. The zero-order valence-corrected chi connectivity index (χ0v) is 12.0. The second-order valence-corrected chi connectivity index (χ2v) is 4.75. The molecule has 0 radical (unpaired) electrons. The molecule has 108 valence electrons. The molecule has 0 unspecified atom stereocenters. The third-order valence-corrected chi connectivity index (χ3v) is 3.05. The summed E-state index contributed by atoms with van der Waals surface area (Å²) >= 11 is 5.79. The molecule has 0 spiro atoms. The number of aromatic nitrogens is 4. The predicted molar refractivity (Wildman–Crippen MR) is 82.5 cm³/mol. The first-order chi connectivity index (χ1) is 10.7. The molecule has 0 aliphatic heterocycles. The highest BCUT2D eigenvalue weighted by molar-refractivity contribution is 6.30. The van der Waals surface area contributed by atoms with Crippen LogP contribution in [-0.2, 0) is 0 Å². The number of hydrogen-bond donors (Lipinski definition) is 1. The third kappa shape index (κ3) is 3.24. The van der Waals surface area contributed by atoms with Crippen molar-refractivity contribution in [3.05, 3.63) is 65.6 Å². The molecule has 7 heteroatoms. The fourth-order valence-corrected chi connectivity index (χ4v) is 1.88. The van der Waals surface area contributed by atoms with Crippen LogP contribution in [0.5, 0.6) is 0 Å². The number of amides is 1. The predicted octanol–water partition coefficient (Wildman–Crippen LogP) is 2.84. The lowest BCUT2D eigenvalue weighted by Gasteiger charge is -2.05. The van der Waals surface area contributed by atoms with Crippen molar-refractivity contribution in [3.63, 3.8) is 0 Å². The number of nitrogens with one attached hydrogen (secondary N) is 1. The molecule has 22 heavy (non-hydrogen) atoms. The lowest BCUT2D eigenvalue weighted by molar-refractivity contribution is 0.102. The van der Waals surface area contributed by atoms with Gasteiger partial charge in [0.05, 0.1) is 0 Å². The molecule has 1 aromatic carbocycles. The number of carbonyl (C=O) groups excluding carboxylic acids is 1. The van der Waals surface area contributed by atoms with E-state index in [4.69, 9.17) is 11.6 Å². The molecule has 0 atom stereocenters. The maximum absolute atomic E-state index is 12.1. The molecule has 0 aliphatic rings. The summed E-state index contributed by atoms with van der Waals surface area (Å²) in [4.78, 5) is 28.4. The number of anilines is 1. The van der Waals surface area contributed by atoms with Crippen molar-refractivity contribution < 1.29 is 4.79 Å². The quantitative estimate of drug-likeness (QED) is 0.804. The van der Waals surface area contributed by atoms with Gasteiger partial charge in [0.25, 0.3) is 5.91 Å². The van der Waals surface area contributed by atoms with Gasteiger partial charge in [0.1, 0.15) is 12.0 Å². The number of nitrogens with zero attached hydrogens (tertiary/aromatic N) is 4. The highest BCUT2D eigenvalue weighted by Gasteiger charge is 2.09. The number of carbonyl (C=O) groups is 1. The summed E-state index contributed by atoms with van der Waals surface area (Å²) in [5, 5.41) is 3.18. The largest absolute Gasteiger partial charge is 0.290 e. The lowest BCUT2D eigenvalue weighted by atomic mass is 10.2. The van der Waals surface area contributed by atoms with Gasteiger partial charge >= 0.3 is 0 Å². The average Bonchev–Trinajstić information content (AvgIpc) is 2.56. The van der Waals surface area contributed by atoms with Gasteiger partial charge in [-0.05, 0) is 36.4 Å². The van der Waals surface area contributed by atoms with Crippen LogP contribution in [0, 0.1) is 0 Å². The van der Waals surface area contributed by atoms with E-state index in [1.807, 2.05) is 6.07 Å². The summed E-state index contributed by atoms with van der Waals surface area (Å²) in [6.07, 6.45) is 2.97. The van der Waals surface area contributed by atoms with Crippen molar-refractivity contribution in [3.8, 4) is 11.5 Å². The number of pyridine rings is 1. The zero-order valence-electron chi connectivity index (χ0n) is 11.3. The van der Waals surface area contributed by atoms with Crippen LogP contribution in [0.1, 0.15) is 10.4 Å². The van der Waals surface area contributed by atoms with E-state index < -0.39 is 0 Å². The Morgan fingerprint density at radius 2 is 1.82 bits per heavy atom. The highest BCUT2D eigenvalue weighted by atomic mass is 35.5. The van der Waals surface area contributed by atoms with E-state index in [1.54, 1.807) is 42.6 Å². The van der Waals surface area contributed by atoms with Crippen molar-refractivity contribution in [1.29, 1.82) is 0 Å². The standard InChI is InChI=1S/C15H10ClN5O/c16-11-6-4-10(5-7-11)14(22)21-15-19-9-18-13(20-15)12-3-1-2-8-17-12/h1-9H,(H,18,19,20,21,22). The Kier molecular flexibility index (Phi) is 4.02. The second-order valence-electron chi connectivity index (χ2n) is 4.31. The highest BCUT2D eigenvalue weighted by Crippen LogP contribution is 2.13. The first kappa shape index (κ1) is 14.1. The second kappa shape index (κ2) is 6.28. The van der Waals surface area contributed by atoms with Crippen molar-refractivity contribution in [2.75, 3.05) is 5.32 Å². The van der Waals surface area contributed by atoms with Crippen LogP contribution in [0.3, 0.4) is 0 Å². The van der Waals surface area contributed by atoms with E-state index in [2.05, 4.69) is 25.3 Å². The first-order valence-electron chi connectivity index (χ1n) is 6.40. The molecule has 2 aromatic heterocycles. The normalized spacial score (nSPS) is 10.2. The first-order valence-corrected chi connectivity index (χ1v) is 6.77. The van der Waals surface area contributed by atoms with Gasteiger partial charge in [0.2, 0.25) is 5.95 Å². The Hall–Kier alpha value is -2.86.